The number of imidazole rings is 1. The lowest BCUT2D eigenvalue weighted by Gasteiger charge is -2.26. The molecule has 0 unspecified atom stereocenters. The van der Waals surface area contributed by atoms with Crippen LogP contribution in [0.25, 0.3) is 0 Å². The highest BCUT2D eigenvalue weighted by molar-refractivity contribution is 7.09. The smallest absolute Gasteiger partial charge is 0.122 e. The Morgan fingerprint density at radius 2 is 2.09 bits per heavy atom. The number of nitrogens with zero attached hydrogens (tertiary/aromatic N) is 5. The fraction of sp³-hybridized carbons (Fsp3) is 0.647. The first-order chi connectivity index (χ1) is 11.3. The number of likely N-dealkylation sites (tertiary alicyclic amines) is 1. The van der Waals surface area contributed by atoms with Crippen LogP contribution in [0.15, 0.2) is 17.8 Å². The van der Waals surface area contributed by atoms with Crippen molar-refractivity contribution in [3.8, 4) is 0 Å². The zero-order valence-electron chi connectivity index (χ0n) is 13.8. The lowest BCUT2D eigenvalue weighted by molar-refractivity contribution is 0.181. The van der Waals surface area contributed by atoms with Gasteiger partial charge >= 0.3 is 0 Å². The highest BCUT2D eigenvalue weighted by Crippen LogP contribution is 2.21. The van der Waals surface area contributed by atoms with E-state index in [1.54, 1.807) is 11.3 Å². The second kappa shape index (κ2) is 6.71. The average Bonchev–Trinajstić information content (AvgIpc) is 3.23. The van der Waals surface area contributed by atoms with Crippen LogP contribution in [-0.4, -0.2) is 50.5 Å². The quantitative estimate of drug-likeness (QED) is 0.862. The molecule has 0 radical (unpaired) electrons. The lowest BCUT2D eigenvalue weighted by atomic mass is 10.1. The predicted molar refractivity (Wildman–Crippen MR) is 92.4 cm³/mol. The van der Waals surface area contributed by atoms with Crippen LogP contribution < -0.4 is 0 Å². The van der Waals surface area contributed by atoms with E-state index in [4.69, 9.17) is 0 Å². The van der Waals surface area contributed by atoms with E-state index in [0.29, 0.717) is 5.92 Å². The Morgan fingerprint density at radius 3 is 2.87 bits per heavy atom. The molecule has 2 aliphatic rings. The minimum absolute atomic E-state index is 0.670. The molecule has 6 heteroatoms. The zero-order valence-corrected chi connectivity index (χ0v) is 14.6. The molecule has 2 aliphatic heterocycles. The number of fused-ring (bicyclic) bond motifs is 1. The molecule has 124 valence electrons. The summed E-state index contributed by atoms with van der Waals surface area (Å²) < 4.78 is 2.35. The van der Waals surface area contributed by atoms with Crippen molar-refractivity contribution in [2.45, 2.75) is 39.4 Å². The van der Waals surface area contributed by atoms with E-state index >= 15 is 0 Å². The van der Waals surface area contributed by atoms with Crippen molar-refractivity contribution >= 4 is 11.3 Å². The SMILES string of the molecule is Cc1nc(CN2Cc3nccn3C[C@H](CN3CCCC3)C2)cs1. The molecule has 23 heavy (non-hydrogen) atoms. The summed E-state index contributed by atoms with van der Waals surface area (Å²) in [6, 6.07) is 0. The number of aromatic nitrogens is 3. The number of thiazole rings is 1. The normalized spacial score (nSPS) is 23.1. The largest absolute Gasteiger partial charge is 0.333 e. The molecular formula is C17H25N5S. The Kier molecular flexibility index (Phi) is 4.46. The molecule has 0 bridgehead atoms. The monoisotopic (exact) mass is 331 g/mol. The van der Waals surface area contributed by atoms with E-state index in [-0.39, 0.29) is 0 Å². The summed E-state index contributed by atoms with van der Waals surface area (Å²) in [5.74, 6) is 1.86. The summed E-state index contributed by atoms with van der Waals surface area (Å²) in [6.45, 7) is 9.95. The van der Waals surface area contributed by atoms with Gasteiger partial charge < -0.3 is 9.47 Å². The second-order valence-corrected chi connectivity index (χ2v) is 7.96. The van der Waals surface area contributed by atoms with Crippen LogP contribution in [0.3, 0.4) is 0 Å². The van der Waals surface area contributed by atoms with Crippen LogP contribution in [0.5, 0.6) is 0 Å². The van der Waals surface area contributed by atoms with E-state index in [9.17, 15) is 0 Å². The fourth-order valence-corrected chi connectivity index (χ4v) is 4.50. The third-order valence-corrected chi connectivity index (χ3v) is 5.73. The van der Waals surface area contributed by atoms with E-state index in [0.717, 1.165) is 31.2 Å². The molecule has 1 saturated heterocycles. The van der Waals surface area contributed by atoms with Crippen LogP contribution in [0.4, 0.5) is 0 Å². The Labute approximate surface area is 142 Å². The van der Waals surface area contributed by atoms with Crippen LogP contribution in [0, 0.1) is 12.8 Å². The van der Waals surface area contributed by atoms with Gasteiger partial charge in [-0.15, -0.1) is 11.3 Å². The fourth-order valence-electron chi connectivity index (χ4n) is 3.90. The first-order valence-electron chi connectivity index (χ1n) is 8.62. The topological polar surface area (TPSA) is 37.2 Å². The second-order valence-electron chi connectivity index (χ2n) is 6.90. The minimum Gasteiger partial charge on any atom is -0.333 e. The van der Waals surface area contributed by atoms with Crippen LogP contribution >= 0.6 is 11.3 Å². The average molecular weight is 331 g/mol. The Hall–Kier alpha value is -1.24. The first kappa shape index (κ1) is 15.3. The van der Waals surface area contributed by atoms with Crippen LogP contribution in [-0.2, 0) is 19.6 Å². The molecule has 0 aromatic carbocycles. The molecule has 1 atom stereocenters. The molecule has 0 saturated carbocycles. The number of hydrogen-bond acceptors (Lipinski definition) is 5. The van der Waals surface area contributed by atoms with Gasteiger partial charge in [0.15, 0.2) is 0 Å². The number of aryl methyl sites for hydroxylation is 1. The predicted octanol–water partition coefficient (Wildman–Crippen LogP) is 2.38. The molecule has 5 nitrogen and oxygen atoms in total. The maximum absolute atomic E-state index is 4.65. The summed E-state index contributed by atoms with van der Waals surface area (Å²) in [7, 11) is 0. The molecule has 1 fully saturated rings. The van der Waals surface area contributed by atoms with E-state index in [1.165, 1.54) is 44.0 Å². The number of rotatable bonds is 4. The van der Waals surface area contributed by atoms with Crippen molar-refractivity contribution in [1.29, 1.82) is 0 Å². The highest BCUT2D eigenvalue weighted by Gasteiger charge is 2.25. The van der Waals surface area contributed by atoms with Crippen molar-refractivity contribution in [3.05, 3.63) is 34.3 Å². The van der Waals surface area contributed by atoms with Gasteiger partial charge in [0.25, 0.3) is 0 Å². The van der Waals surface area contributed by atoms with Gasteiger partial charge in [-0.25, -0.2) is 9.97 Å². The Bertz CT molecular complexity index is 643. The van der Waals surface area contributed by atoms with E-state index in [1.807, 2.05) is 6.20 Å². The molecule has 4 rings (SSSR count). The van der Waals surface area contributed by atoms with Crippen LogP contribution in [0.2, 0.25) is 0 Å². The summed E-state index contributed by atoms with van der Waals surface area (Å²) in [5, 5.41) is 3.35. The molecule has 0 aliphatic carbocycles. The lowest BCUT2D eigenvalue weighted by Crippen LogP contribution is -2.35. The van der Waals surface area contributed by atoms with Gasteiger partial charge in [0.1, 0.15) is 5.82 Å². The van der Waals surface area contributed by atoms with Gasteiger partial charge in [0, 0.05) is 49.9 Å². The third kappa shape index (κ3) is 3.65. The van der Waals surface area contributed by atoms with Gasteiger partial charge in [-0.1, -0.05) is 0 Å². The van der Waals surface area contributed by atoms with Gasteiger partial charge in [-0.3, -0.25) is 4.90 Å². The van der Waals surface area contributed by atoms with E-state index < -0.39 is 0 Å². The number of hydrogen-bond donors (Lipinski definition) is 0. The molecular weight excluding hydrogens is 306 g/mol. The summed E-state index contributed by atoms with van der Waals surface area (Å²) in [6.07, 6.45) is 6.82. The standard InChI is InChI=1S/C17H25N5S/c1-14-19-16(13-23-14)11-21-9-15(8-20-5-2-3-6-20)10-22-7-4-18-17(22)12-21/h4,7,13,15H,2-3,5-6,8-12H2,1H3/t15-/m1/s1. The van der Waals surface area contributed by atoms with Crippen LogP contribution in [0.1, 0.15) is 29.4 Å². The third-order valence-electron chi connectivity index (χ3n) is 4.91. The van der Waals surface area contributed by atoms with Gasteiger partial charge in [0.2, 0.25) is 0 Å². The molecule has 0 spiro atoms. The summed E-state index contributed by atoms with van der Waals surface area (Å²) in [4.78, 5) is 14.4. The molecule has 2 aromatic heterocycles. The molecule has 4 heterocycles. The molecule has 0 N–H and O–H groups in total. The van der Waals surface area contributed by atoms with Crippen molar-refractivity contribution in [3.63, 3.8) is 0 Å². The van der Waals surface area contributed by atoms with E-state index in [2.05, 4.69) is 42.8 Å². The maximum Gasteiger partial charge on any atom is 0.122 e. The first-order valence-corrected chi connectivity index (χ1v) is 9.50. The summed E-state index contributed by atoms with van der Waals surface area (Å²) in [5.41, 5.74) is 1.20. The van der Waals surface area contributed by atoms with Crippen molar-refractivity contribution in [2.24, 2.45) is 5.92 Å². The van der Waals surface area contributed by atoms with Gasteiger partial charge in [-0.2, -0.15) is 0 Å². The zero-order chi connectivity index (χ0) is 15.6. The van der Waals surface area contributed by atoms with Crippen molar-refractivity contribution in [1.82, 2.24) is 24.3 Å². The molecule has 2 aromatic rings. The highest BCUT2D eigenvalue weighted by atomic mass is 32.1. The Balaban J connectivity index is 1.49. The maximum atomic E-state index is 4.65. The van der Waals surface area contributed by atoms with Crippen molar-refractivity contribution in [2.75, 3.05) is 26.2 Å². The van der Waals surface area contributed by atoms with Gasteiger partial charge in [-0.05, 0) is 32.9 Å². The summed E-state index contributed by atoms with van der Waals surface area (Å²) >= 11 is 1.75. The minimum atomic E-state index is 0.670. The Morgan fingerprint density at radius 1 is 1.22 bits per heavy atom. The van der Waals surface area contributed by atoms with Crippen molar-refractivity contribution < 1.29 is 0 Å². The molecule has 0 amide bonds. The van der Waals surface area contributed by atoms with Gasteiger partial charge in [0.05, 0.1) is 17.2 Å².